The average Bonchev–Trinajstić information content (AvgIpc) is 2.59. The summed E-state index contributed by atoms with van der Waals surface area (Å²) in [5.74, 6) is -1.10. The van der Waals surface area contributed by atoms with Gasteiger partial charge in [-0.05, 0) is 29.5 Å². The van der Waals surface area contributed by atoms with Crippen molar-refractivity contribution in [3.8, 4) is 0 Å². The van der Waals surface area contributed by atoms with Gasteiger partial charge in [0, 0.05) is 12.3 Å². The fourth-order valence-corrected chi connectivity index (χ4v) is 10.0. The highest BCUT2D eigenvalue weighted by atomic mass is 28.4. The fourth-order valence-electron chi connectivity index (χ4n) is 4.35. The molecule has 0 spiro atoms. The number of ether oxygens (including phenoxy) is 1. The van der Waals surface area contributed by atoms with Crippen molar-refractivity contribution < 1.29 is 23.9 Å². The van der Waals surface area contributed by atoms with Gasteiger partial charge in [0.15, 0.2) is 0 Å². The second-order valence-electron chi connectivity index (χ2n) is 8.76. The van der Waals surface area contributed by atoms with Crippen LogP contribution >= 0.6 is 0 Å². The molecule has 0 aliphatic rings. The maximum absolute atomic E-state index is 12.1. The van der Waals surface area contributed by atoms with Crippen molar-refractivity contribution >= 4 is 20.1 Å². The van der Waals surface area contributed by atoms with E-state index in [1.165, 1.54) is 7.11 Å². The number of carbonyl (C=O) groups is 2. The average molecular weight is 415 g/mol. The molecule has 164 valence electrons. The van der Waals surface area contributed by atoms with E-state index < -0.39 is 20.4 Å². The van der Waals surface area contributed by atoms with Crippen LogP contribution in [0.2, 0.25) is 16.6 Å². The largest absolute Gasteiger partial charge is 0.469 e. The van der Waals surface area contributed by atoms with E-state index in [2.05, 4.69) is 52.9 Å². The molecule has 0 rings (SSSR count). The SMILES string of the molecule is C=CCC[C@@H](O[Si](C(C)C)(C(C)C)C(C)C)[C@H](C)[C@@H](O)CC(=O)CC(=O)OC. The zero-order valence-corrected chi connectivity index (χ0v) is 20.2. The van der Waals surface area contributed by atoms with E-state index in [-0.39, 0.29) is 30.6 Å². The molecule has 1 N–H and O–H groups in total. The third-order valence-corrected chi connectivity index (χ3v) is 12.0. The van der Waals surface area contributed by atoms with Crippen LogP contribution in [0, 0.1) is 5.92 Å². The summed E-state index contributed by atoms with van der Waals surface area (Å²) >= 11 is 0. The Kier molecular flexibility index (Phi) is 12.1. The lowest BCUT2D eigenvalue weighted by Gasteiger charge is -2.46. The van der Waals surface area contributed by atoms with Crippen LogP contribution in [0.25, 0.3) is 0 Å². The smallest absolute Gasteiger partial charge is 0.313 e. The molecular formula is C22H42O5Si. The zero-order chi connectivity index (χ0) is 22.1. The van der Waals surface area contributed by atoms with Crippen LogP contribution < -0.4 is 0 Å². The Morgan fingerprint density at radius 2 is 1.54 bits per heavy atom. The quantitative estimate of drug-likeness (QED) is 0.187. The monoisotopic (exact) mass is 414 g/mol. The Balaban J connectivity index is 5.49. The van der Waals surface area contributed by atoms with Crippen molar-refractivity contribution in [3.63, 3.8) is 0 Å². The van der Waals surface area contributed by atoms with Crippen molar-refractivity contribution in [2.24, 2.45) is 5.92 Å². The van der Waals surface area contributed by atoms with Gasteiger partial charge in [-0.25, -0.2) is 0 Å². The summed E-state index contributed by atoms with van der Waals surface area (Å²) in [5.41, 5.74) is 1.30. The van der Waals surface area contributed by atoms with Crippen LogP contribution in [0.15, 0.2) is 12.7 Å². The van der Waals surface area contributed by atoms with Gasteiger partial charge in [-0.2, -0.15) is 0 Å². The number of allylic oxidation sites excluding steroid dienone is 1. The normalized spacial score (nSPS) is 15.6. The maximum Gasteiger partial charge on any atom is 0.313 e. The fraction of sp³-hybridized carbons (Fsp3) is 0.818. The molecule has 3 atom stereocenters. The number of carbonyl (C=O) groups excluding carboxylic acids is 2. The lowest BCUT2D eigenvalue weighted by molar-refractivity contribution is -0.143. The van der Waals surface area contributed by atoms with E-state index >= 15 is 0 Å². The summed E-state index contributed by atoms with van der Waals surface area (Å²) in [6, 6.07) is 0. The molecule has 5 nitrogen and oxygen atoms in total. The van der Waals surface area contributed by atoms with E-state index in [1.807, 2.05) is 13.0 Å². The first-order valence-electron chi connectivity index (χ1n) is 10.5. The van der Waals surface area contributed by atoms with Gasteiger partial charge in [-0.15, -0.1) is 6.58 Å². The third-order valence-electron chi connectivity index (χ3n) is 5.92. The van der Waals surface area contributed by atoms with Gasteiger partial charge in [0.05, 0.1) is 19.3 Å². The highest BCUT2D eigenvalue weighted by Crippen LogP contribution is 2.44. The predicted molar refractivity (Wildman–Crippen MR) is 117 cm³/mol. The molecule has 0 aliphatic heterocycles. The van der Waals surface area contributed by atoms with Crippen LogP contribution in [-0.4, -0.2) is 44.5 Å². The maximum atomic E-state index is 12.1. The van der Waals surface area contributed by atoms with Crippen LogP contribution in [0.4, 0.5) is 0 Å². The van der Waals surface area contributed by atoms with Gasteiger partial charge in [-0.1, -0.05) is 54.5 Å². The summed E-state index contributed by atoms with van der Waals surface area (Å²) in [6.07, 6.45) is 2.03. The number of hydrogen-bond donors (Lipinski definition) is 1. The van der Waals surface area contributed by atoms with Crippen molar-refractivity contribution in [1.82, 2.24) is 0 Å². The van der Waals surface area contributed by atoms with E-state index in [0.717, 1.165) is 12.8 Å². The van der Waals surface area contributed by atoms with Crippen molar-refractivity contribution in [1.29, 1.82) is 0 Å². The van der Waals surface area contributed by atoms with E-state index in [1.54, 1.807) is 0 Å². The molecular weight excluding hydrogens is 372 g/mol. The molecule has 0 aromatic carbocycles. The molecule has 0 saturated heterocycles. The van der Waals surface area contributed by atoms with Crippen LogP contribution in [-0.2, 0) is 18.8 Å². The van der Waals surface area contributed by atoms with Crippen molar-refractivity contribution in [2.75, 3.05) is 7.11 Å². The van der Waals surface area contributed by atoms with Gasteiger partial charge in [-0.3, -0.25) is 9.59 Å². The highest BCUT2D eigenvalue weighted by Gasteiger charge is 2.47. The zero-order valence-electron chi connectivity index (χ0n) is 19.2. The molecule has 0 radical (unpaired) electrons. The predicted octanol–water partition coefficient (Wildman–Crippen LogP) is 5.03. The summed E-state index contributed by atoms with van der Waals surface area (Å²) in [4.78, 5) is 23.4. The van der Waals surface area contributed by atoms with E-state index in [0.29, 0.717) is 16.6 Å². The van der Waals surface area contributed by atoms with Crippen LogP contribution in [0.3, 0.4) is 0 Å². The Bertz CT molecular complexity index is 479. The minimum Gasteiger partial charge on any atom is -0.469 e. The van der Waals surface area contributed by atoms with Crippen molar-refractivity contribution in [2.45, 2.75) is 103 Å². The molecule has 0 aromatic heterocycles. The Morgan fingerprint density at radius 1 is 1.04 bits per heavy atom. The number of esters is 1. The number of aliphatic hydroxyl groups excluding tert-OH is 1. The van der Waals surface area contributed by atoms with Gasteiger partial charge < -0.3 is 14.3 Å². The number of methoxy groups -OCH3 is 1. The minimum atomic E-state index is -2.13. The van der Waals surface area contributed by atoms with Crippen LogP contribution in [0.1, 0.15) is 74.1 Å². The third kappa shape index (κ3) is 7.45. The lowest BCUT2D eigenvalue weighted by atomic mass is 9.91. The second kappa shape index (κ2) is 12.6. The van der Waals surface area contributed by atoms with Gasteiger partial charge in [0.25, 0.3) is 0 Å². The first-order valence-corrected chi connectivity index (χ1v) is 12.6. The molecule has 0 saturated carbocycles. The molecule has 28 heavy (non-hydrogen) atoms. The molecule has 0 heterocycles. The molecule has 0 fully saturated rings. The summed E-state index contributed by atoms with van der Waals surface area (Å²) in [6.45, 7) is 19.2. The standard InChI is InChI=1S/C22H42O5Si/c1-10-11-12-21(27-28(15(2)3,16(4)5)17(6)7)18(8)20(24)13-19(23)14-22(25)26-9/h10,15-18,20-21,24H,1,11-14H2,2-9H3/t18-,20+,21-/m1/s1. The Morgan fingerprint density at radius 3 is 1.93 bits per heavy atom. The van der Waals surface area contributed by atoms with Gasteiger partial charge in [0.1, 0.15) is 12.2 Å². The molecule has 0 unspecified atom stereocenters. The summed E-state index contributed by atoms with van der Waals surface area (Å²) in [5, 5.41) is 10.7. The Hall–Kier alpha value is -0.983. The first kappa shape index (κ1) is 27.0. The number of Topliss-reactive ketones (excluding diaryl/α,β-unsaturated/α-hetero) is 1. The number of aliphatic hydroxyl groups is 1. The minimum absolute atomic E-state index is 0.0657. The molecule has 6 heteroatoms. The van der Waals surface area contributed by atoms with E-state index in [4.69, 9.17) is 4.43 Å². The lowest BCUT2D eigenvalue weighted by Crippen LogP contribution is -2.52. The number of hydrogen-bond acceptors (Lipinski definition) is 5. The Labute approximate surface area is 173 Å². The first-order chi connectivity index (χ1) is 12.9. The molecule has 0 aliphatic carbocycles. The topological polar surface area (TPSA) is 72.8 Å². The van der Waals surface area contributed by atoms with Gasteiger partial charge >= 0.3 is 5.97 Å². The van der Waals surface area contributed by atoms with E-state index in [9.17, 15) is 14.7 Å². The van der Waals surface area contributed by atoms with Crippen LogP contribution in [0.5, 0.6) is 0 Å². The summed E-state index contributed by atoms with van der Waals surface area (Å²) < 4.78 is 11.5. The van der Waals surface area contributed by atoms with Gasteiger partial charge in [0.2, 0.25) is 8.32 Å². The second-order valence-corrected chi connectivity index (χ2v) is 14.2. The molecule has 0 bridgehead atoms. The number of rotatable bonds is 14. The highest BCUT2D eigenvalue weighted by molar-refractivity contribution is 6.77. The van der Waals surface area contributed by atoms with Crippen molar-refractivity contribution in [3.05, 3.63) is 12.7 Å². The summed E-state index contributed by atoms with van der Waals surface area (Å²) in [7, 11) is -0.874. The number of ketones is 1. The molecule has 0 amide bonds. The molecule has 0 aromatic rings.